The van der Waals surface area contributed by atoms with Crippen molar-refractivity contribution in [2.24, 2.45) is 0 Å². The molecule has 1 aliphatic rings. The van der Waals surface area contributed by atoms with Crippen LogP contribution in [-0.2, 0) is 6.54 Å². The van der Waals surface area contributed by atoms with Gasteiger partial charge in [0.05, 0.1) is 6.10 Å². The van der Waals surface area contributed by atoms with E-state index in [0.717, 1.165) is 25.2 Å². The maximum Gasteiger partial charge on any atom is 0.123 e. The molecule has 0 unspecified atom stereocenters. The molecule has 0 aliphatic carbocycles. The first kappa shape index (κ1) is 8.47. The third-order valence-electron chi connectivity index (χ3n) is 2.19. The highest BCUT2D eigenvalue weighted by Crippen LogP contribution is 2.13. The largest absolute Gasteiger partial charge is 0.390 e. The first-order valence-corrected chi connectivity index (χ1v) is 4.35. The fourth-order valence-corrected chi connectivity index (χ4v) is 1.52. The summed E-state index contributed by atoms with van der Waals surface area (Å²) in [6.07, 6.45) is 1.57. The Morgan fingerprint density at radius 1 is 1.62 bits per heavy atom. The highest BCUT2D eigenvalue weighted by atomic mass is 16.3. The molecule has 0 amide bonds. The van der Waals surface area contributed by atoms with Crippen LogP contribution >= 0.6 is 0 Å². The summed E-state index contributed by atoms with van der Waals surface area (Å²) in [5, 5.41) is 9.07. The van der Waals surface area contributed by atoms with Crippen LogP contribution in [0.2, 0.25) is 0 Å². The average molecular weight is 179 g/mol. The van der Waals surface area contributed by atoms with E-state index in [-0.39, 0.29) is 6.10 Å². The van der Waals surface area contributed by atoms with Crippen LogP contribution in [-0.4, -0.2) is 34.2 Å². The summed E-state index contributed by atoms with van der Waals surface area (Å²) in [6.45, 7) is 2.38. The molecule has 3 N–H and O–H groups in total. The molecule has 4 heteroatoms. The lowest BCUT2D eigenvalue weighted by atomic mass is 10.1. The van der Waals surface area contributed by atoms with Gasteiger partial charge in [0, 0.05) is 25.8 Å². The Morgan fingerprint density at radius 3 is 3.00 bits per heavy atom. The number of aliphatic hydroxyl groups excluding tert-OH is 1. The number of hydrogen-bond acceptors (Lipinski definition) is 4. The molecule has 2 heterocycles. The minimum absolute atomic E-state index is 0.140. The molecule has 1 aliphatic heterocycles. The molecule has 1 fully saturated rings. The van der Waals surface area contributed by atoms with Gasteiger partial charge in [-0.05, 0) is 17.7 Å². The molecule has 1 aromatic rings. The van der Waals surface area contributed by atoms with Crippen molar-refractivity contribution >= 4 is 5.82 Å². The first-order valence-electron chi connectivity index (χ1n) is 4.35. The van der Waals surface area contributed by atoms with Gasteiger partial charge in [0.25, 0.3) is 0 Å². The molecule has 0 aromatic carbocycles. The number of hydrogen-bond donors (Lipinski definition) is 2. The summed E-state index contributed by atoms with van der Waals surface area (Å²) in [5.74, 6) is 0.554. The minimum Gasteiger partial charge on any atom is -0.390 e. The Hall–Kier alpha value is -1.13. The Kier molecular flexibility index (Phi) is 2.16. The van der Waals surface area contributed by atoms with E-state index in [1.54, 1.807) is 6.20 Å². The van der Waals surface area contributed by atoms with Gasteiger partial charge in [0.1, 0.15) is 5.82 Å². The van der Waals surface area contributed by atoms with Gasteiger partial charge >= 0.3 is 0 Å². The van der Waals surface area contributed by atoms with E-state index in [1.807, 2.05) is 12.1 Å². The number of aromatic nitrogens is 1. The van der Waals surface area contributed by atoms with E-state index in [4.69, 9.17) is 10.8 Å². The maximum absolute atomic E-state index is 9.07. The van der Waals surface area contributed by atoms with Gasteiger partial charge in [-0.3, -0.25) is 4.90 Å². The van der Waals surface area contributed by atoms with Gasteiger partial charge in [-0.2, -0.15) is 0 Å². The molecule has 0 bridgehead atoms. The summed E-state index contributed by atoms with van der Waals surface area (Å²) in [7, 11) is 0. The Balaban J connectivity index is 1.94. The molecular formula is C9H13N3O. The lowest BCUT2D eigenvalue weighted by molar-refractivity contribution is -0.00286. The standard InChI is InChI=1S/C9H13N3O/c10-9-3-7(1-2-11-9)4-12-5-8(13)6-12/h1-3,8,13H,4-6H2,(H2,10,11). The molecule has 70 valence electrons. The second-order valence-electron chi connectivity index (χ2n) is 3.44. The van der Waals surface area contributed by atoms with Crippen LogP contribution in [0.3, 0.4) is 0 Å². The van der Waals surface area contributed by atoms with Crippen LogP contribution in [0.15, 0.2) is 18.3 Å². The van der Waals surface area contributed by atoms with E-state index in [1.165, 1.54) is 0 Å². The minimum atomic E-state index is -0.140. The van der Waals surface area contributed by atoms with Gasteiger partial charge < -0.3 is 10.8 Å². The number of nitrogen functional groups attached to an aromatic ring is 1. The monoisotopic (exact) mass is 179 g/mol. The number of pyridine rings is 1. The molecule has 0 radical (unpaired) electrons. The summed E-state index contributed by atoms with van der Waals surface area (Å²) in [6, 6.07) is 3.81. The average Bonchev–Trinajstić information content (AvgIpc) is 2.01. The van der Waals surface area contributed by atoms with Crippen molar-refractivity contribution in [1.82, 2.24) is 9.88 Å². The zero-order valence-corrected chi connectivity index (χ0v) is 7.35. The fourth-order valence-electron chi connectivity index (χ4n) is 1.52. The first-order chi connectivity index (χ1) is 6.24. The van der Waals surface area contributed by atoms with E-state index in [9.17, 15) is 0 Å². The van der Waals surface area contributed by atoms with Crippen molar-refractivity contribution in [2.45, 2.75) is 12.6 Å². The van der Waals surface area contributed by atoms with Gasteiger partial charge in [0.2, 0.25) is 0 Å². The van der Waals surface area contributed by atoms with Gasteiger partial charge in [-0.1, -0.05) is 0 Å². The Labute approximate surface area is 77.0 Å². The predicted molar refractivity (Wildman–Crippen MR) is 49.9 cm³/mol. The predicted octanol–water partition coefficient (Wildman–Crippen LogP) is -0.160. The third kappa shape index (κ3) is 1.96. The van der Waals surface area contributed by atoms with Crippen molar-refractivity contribution in [3.63, 3.8) is 0 Å². The second kappa shape index (κ2) is 3.32. The van der Waals surface area contributed by atoms with E-state index in [0.29, 0.717) is 5.82 Å². The molecule has 1 saturated heterocycles. The van der Waals surface area contributed by atoms with Crippen LogP contribution in [0.4, 0.5) is 5.82 Å². The Morgan fingerprint density at radius 2 is 2.38 bits per heavy atom. The summed E-state index contributed by atoms with van der Waals surface area (Å²) in [4.78, 5) is 6.08. The normalized spacial score (nSPS) is 18.5. The van der Waals surface area contributed by atoms with Crippen LogP contribution in [0, 0.1) is 0 Å². The summed E-state index contributed by atoms with van der Waals surface area (Å²) in [5.41, 5.74) is 6.69. The van der Waals surface area contributed by atoms with Crippen molar-refractivity contribution in [3.8, 4) is 0 Å². The number of likely N-dealkylation sites (tertiary alicyclic amines) is 1. The van der Waals surface area contributed by atoms with Crippen LogP contribution in [0.25, 0.3) is 0 Å². The zero-order valence-electron chi connectivity index (χ0n) is 7.35. The molecule has 2 rings (SSSR count). The number of nitrogens with zero attached hydrogens (tertiary/aromatic N) is 2. The van der Waals surface area contributed by atoms with Crippen LogP contribution in [0.1, 0.15) is 5.56 Å². The lowest BCUT2D eigenvalue weighted by Crippen LogP contribution is -2.49. The number of aliphatic hydroxyl groups is 1. The highest BCUT2D eigenvalue weighted by molar-refractivity contribution is 5.31. The molecule has 4 nitrogen and oxygen atoms in total. The molecule has 13 heavy (non-hydrogen) atoms. The highest BCUT2D eigenvalue weighted by Gasteiger charge is 2.23. The summed E-state index contributed by atoms with van der Waals surface area (Å²) < 4.78 is 0. The van der Waals surface area contributed by atoms with Crippen LogP contribution < -0.4 is 5.73 Å². The van der Waals surface area contributed by atoms with Gasteiger partial charge in [-0.25, -0.2) is 4.98 Å². The van der Waals surface area contributed by atoms with E-state index < -0.39 is 0 Å². The van der Waals surface area contributed by atoms with Crippen LogP contribution in [0.5, 0.6) is 0 Å². The van der Waals surface area contributed by atoms with Gasteiger partial charge in [0.15, 0.2) is 0 Å². The number of anilines is 1. The molecule has 0 spiro atoms. The van der Waals surface area contributed by atoms with Crippen molar-refractivity contribution in [3.05, 3.63) is 23.9 Å². The number of β-amino-alcohol motifs (C(OH)–C–C–N with tert-alkyl or cyclic N) is 1. The molecule has 0 atom stereocenters. The van der Waals surface area contributed by atoms with Crippen molar-refractivity contribution in [1.29, 1.82) is 0 Å². The zero-order chi connectivity index (χ0) is 9.26. The quantitative estimate of drug-likeness (QED) is 0.662. The van der Waals surface area contributed by atoms with Crippen molar-refractivity contribution in [2.75, 3.05) is 18.8 Å². The van der Waals surface area contributed by atoms with E-state index >= 15 is 0 Å². The topological polar surface area (TPSA) is 62.4 Å². The van der Waals surface area contributed by atoms with E-state index in [2.05, 4.69) is 9.88 Å². The Bertz CT molecular complexity index is 297. The number of rotatable bonds is 2. The smallest absolute Gasteiger partial charge is 0.123 e. The van der Waals surface area contributed by atoms with Gasteiger partial charge in [-0.15, -0.1) is 0 Å². The molecular weight excluding hydrogens is 166 g/mol. The SMILES string of the molecule is Nc1cc(CN2CC(O)C2)ccn1. The third-order valence-corrected chi connectivity index (χ3v) is 2.19. The molecule has 1 aromatic heterocycles. The van der Waals surface area contributed by atoms with Crippen molar-refractivity contribution < 1.29 is 5.11 Å². The maximum atomic E-state index is 9.07. The molecule has 0 saturated carbocycles. The summed E-state index contributed by atoms with van der Waals surface area (Å²) >= 11 is 0. The second-order valence-corrected chi connectivity index (χ2v) is 3.44. The number of nitrogens with two attached hydrogens (primary N) is 1. The fraction of sp³-hybridized carbons (Fsp3) is 0.444. The lowest BCUT2D eigenvalue weighted by Gasteiger charge is -2.35.